The van der Waals surface area contributed by atoms with E-state index >= 15 is 0 Å². The molecule has 6 nitrogen and oxygen atoms in total. The second-order valence-corrected chi connectivity index (χ2v) is 7.55. The number of anilines is 1. The molecule has 0 spiro atoms. The lowest BCUT2D eigenvalue weighted by Gasteiger charge is -2.04. The summed E-state index contributed by atoms with van der Waals surface area (Å²) in [7, 11) is 0. The first-order valence-electron chi connectivity index (χ1n) is 8.43. The van der Waals surface area contributed by atoms with Gasteiger partial charge in [-0.05, 0) is 48.4 Å². The number of hydrogen-bond donors (Lipinski definition) is 2. The van der Waals surface area contributed by atoms with Crippen LogP contribution in [0.4, 0.5) is 5.69 Å². The zero-order valence-electron chi connectivity index (χ0n) is 14.7. The molecule has 27 heavy (non-hydrogen) atoms. The molecule has 0 bridgehead atoms. The van der Waals surface area contributed by atoms with E-state index in [1.165, 1.54) is 17.3 Å². The summed E-state index contributed by atoms with van der Waals surface area (Å²) >= 11 is 4.63. The van der Waals surface area contributed by atoms with Crippen LogP contribution >= 0.6 is 27.7 Å². The van der Waals surface area contributed by atoms with Crippen molar-refractivity contribution < 1.29 is 9.53 Å². The highest BCUT2D eigenvalue weighted by molar-refractivity contribution is 9.10. The zero-order valence-corrected chi connectivity index (χ0v) is 17.1. The molecule has 1 aromatic heterocycles. The summed E-state index contributed by atoms with van der Waals surface area (Å²) in [6, 6.07) is 15.4. The number of carbonyl (C=O) groups is 1. The number of hydrogen-bond acceptors (Lipinski definition) is 5. The molecular weight excluding hydrogens is 428 g/mol. The van der Waals surface area contributed by atoms with Gasteiger partial charge in [0.15, 0.2) is 5.82 Å². The number of amides is 1. The number of benzene rings is 2. The van der Waals surface area contributed by atoms with E-state index in [1.807, 2.05) is 48.5 Å². The van der Waals surface area contributed by atoms with Crippen LogP contribution in [0.5, 0.6) is 5.75 Å². The Kier molecular flexibility index (Phi) is 6.89. The molecule has 0 saturated carbocycles. The van der Waals surface area contributed by atoms with Gasteiger partial charge in [-0.25, -0.2) is 4.98 Å². The molecule has 0 saturated heterocycles. The standard InChI is InChI=1S/C19H19BrN4O2S/c1-2-13-3-9-16(10-4-13)26-11-17-22-19(24-23-17)27-12-18(25)21-15-7-5-14(20)6-8-15/h3-10H,2,11-12H2,1H3,(H,21,25)(H,22,23,24). The van der Waals surface area contributed by atoms with Crippen molar-refractivity contribution in [1.82, 2.24) is 15.2 Å². The summed E-state index contributed by atoms with van der Waals surface area (Å²) in [5.74, 6) is 1.52. The summed E-state index contributed by atoms with van der Waals surface area (Å²) in [5, 5.41) is 10.3. The Balaban J connectivity index is 1.44. The number of H-pyrrole nitrogens is 1. The number of carbonyl (C=O) groups excluding carboxylic acids is 1. The van der Waals surface area contributed by atoms with Gasteiger partial charge in [0.25, 0.3) is 0 Å². The Labute approximate surface area is 170 Å². The quantitative estimate of drug-likeness (QED) is 0.499. The van der Waals surface area contributed by atoms with Crippen molar-refractivity contribution in [2.75, 3.05) is 11.1 Å². The Morgan fingerprint density at radius 2 is 1.93 bits per heavy atom. The number of rotatable bonds is 8. The van der Waals surface area contributed by atoms with Crippen molar-refractivity contribution in [3.05, 3.63) is 64.4 Å². The molecule has 0 atom stereocenters. The first-order valence-corrected chi connectivity index (χ1v) is 10.2. The van der Waals surface area contributed by atoms with E-state index in [9.17, 15) is 4.79 Å². The molecule has 140 valence electrons. The Hall–Kier alpha value is -2.32. The Bertz CT molecular complexity index is 881. The maximum Gasteiger partial charge on any atom is 0.234 e. The maximum absolute atomic E-state index is 12.0. The van der Waals surface area contributed by atoms with Crippen LogP contribution < -0.4 is 10.1 Å². The Morgan fingerprint density at radius 1 is 1.19 bits per heavy atom. The highest BCUT2D eigenvalue weighted by Gasteiger charge is 2.09. The van der Waals surface area contributed by atoms with Crippen molar-refractivity contribution in [1.29, 1.82) is 0 Å². The molecule has 2 aromatic carbocycles. The van der Waals surface area contributed by atoms with Gasteiger partial charge in [-0.15, -0.1) is 5.10 Å². The first kappa shape index (κ1) is 19.4. The SMILES string of the molecule is CCc1ccc(OCc2nc(SCC(=O)Nc3ccc(Br)cc3)n[nH]2)cc1. The average Bonchev–Trinajstić information content (AvgIpc) is 3.15. The van der Waals surface area contributed by atoms with Gasteiger partial charge in [0.05, 0.1) is 5.75 Å². The minimum absolute atomic E-state index is 0.110. The van der Waals surface area contributed by atoms with Crippen molar-refractivity contribution in [3.8, 4) is 5.75 Å². The van der Waals surface area contributed by atoms with Crippen LogP contribution in [-0.2, 0) is 17.8 Å². The highest BCUT2D eigenvalue weighted by atomic mass is 79.9. The van der Waals surface area contributed by atoms with Crippen molar-refractivity contribution in [3.63, 3.8) is 0 Å². The number of nitrogens with zero attached hydrogens (tertiary/aromatic N) is 2. The molecular formula is C19H19BrN4O2S. The van der Waals surface area contributed by atoms with Crippen LogP contribution in [-0.4, -0.2) is 26.8 Å². The molecule has 0 aliphatic heterocycles. The maximum atomic E-state index is 12.0. The van der Waals surface area contributed by atoms with Gasteiger partial charge < -0.3 is 10.1 Å². The van der Waals surface area contributed by atoms with E-state index in [1.54, 1.807) is 0 Å². The second kappa shape index (κ2) is 9.57. The lowest BCUT2D eigenvalue weighted by molar-refractivity contribution is -0.113. The molecule has 0 fully saturated rings. The van der Waals surface area contributed by atoms with Crippen LogP contribution in [0.15, 0.2) is 58.2 Å². The predicted molar refractivity (Wildman–Crippen MR) is 110 cm³/mol. The van der Waals surface area contributed by atoms with Crippen molar-refractivity contribution in [2.45, 2.75) is 25.1 Å². The van der Waals surface area contributed by atoms with Gasteiger partial charge in [0.2, 0.25) is 11.1 Å². The molecule has 0 radical (unpaired) electrons. The lowest BCUT2D eigenvalue weighted by atomic mass is 10.2. The number of aryl methyl sites for hydroxylation is 1. The van der Waals surface area contributed by atoms with Gasteiger partial charge in [-0.3, -0.25) is 9.89 Å². The lowest BCUT2D eigenvalue weighted by Crippen LogP contribution is -2.13. The molecule has 1 heterocycles. The third-order valence-electron chi connectivity index (χ3n) is 3.68. The fraction of sp³-hybridized carbons (Fsp3) is 0.211. The average molecular weight is 447 g/mol. The monoisotopic (exact) mass is 446 g/mol. The second-order valence-electron chi connectivity index (χ2n) is 5.69. The van der Waals surface area contributed by atoms with Crippen LogP contribution in [0.2, 0.25) is 0 Å². The molecule has 0 aliphatic carbocycles. The Morgan fingerprint density at radius 3 is 2.63 bits per heavy atom. The van der Waals surface area contributed by atoms with Gasteiger partial charge >= 0.3 is 0 Å². The third-order valence-corrected chi connectivity index (χ3v) is 5.05. The van der Waals surface area contributed by atoms with Crippen LogP contribution in [0.25, 0.3) is 0 Å². The number of halogens is 1. The number of nitrogens with one attached hydrogen (secondary N) is 2. The van der Waals surface area contributed by atoms with E-state index in [0.717, 1.165) is 22.3 Å². The topological polar surface area (TPSA) is 79.9 Å². The van der Waals surface area contributed by atoms with Gasteiger partial charge in [0, 0.05) is 10.2 Å². The fourth-order valence-electron chi connectivity index (χ4n) is 2.24. The van der Waals surface area contributed by atoms with Crippen molar-refractivity contribution >= 4 is 39.3 Å². The van der Waals surface area contributed by atoms with E-state index < -0.39 is 0 Å². The molecule has 3 rings (SSSR count). The summed E-state index contributed by atoms with van der Waals surface area (Å²) in [6.07, 6.45) is 0.998. The molecule has 3 aromatic rings. The smallest absolute Gasteiger partial charge is 0.234 e. The van der Waals surface area contributed by atoms with Crippen molar-refractivity contribution in [2.24, 2.45) is 0 Å². The van der Waals surface area contributed by atoms with Gasteiger partial charge in [-0.1, -0.05) is 46.7 Å². The molecule has 8 heteroatoms. The zero-order chi connectivity index (χ0) is 19.1. The number of thioether (sulfide) groups is 1. The van der Waals surface area contributed by atoms with Crippen LogP contribution in [0, 0.1) is 0 Å². The van der Waals surface area contributed by atoms with Crippen LogP contribution in [0.1, 0.15) is 18.3 Å². The minimum Gasteiger partial charge on any atom is -0.486 e. The number of ether oxygens (including phenoxy) is 1. The fourth-order valence-corrected chi connectivity index (χ4v) is 3.12. The third kappa shape index (κ3) is 6.11. The first-order chi connectivity index (χ1) is 13.1. The minimum atomic E-state index is -0.110. The summed E-state index contributed by atoms with van der Waals surface area (Å²) in [5.41, 5.74) is 2.02. The van der Waals surface area contributed by atoms with Crippen LogP contribution in [0.3, 0.4) is 0 Å². The number of aromatic nitrogens is 3. The highest BCUT2D eigenvalue weighted by Crippen LogP contribution is 2.17. The normalized spacial score (nSPS) is 10.6. The molecule has 0 unspecified atom stereocenters. The van der Waals surface area contributed by atoms with E-state index in [2.05, 4.69) is 43.4 Å². The molecule has 0 aliphatic rings. The molecule has 2 N–H and O–H groups in total. The number of aromatic amines is 1. The van der Waals surface area contributed by atoms with E-state index in [-0.39, 0.29) is 11.7 Å². The summed E-state index contributed by atoms with van der Waals surface area (Å²) in [6.45, 7) is 2.41. The van der Waals surface area contributed by atoms with E-state index in [4.69, 9.17) is 4.74 Å². The molecule has 1 amide bonds. The van der Waals surface area contributed by atoms with Gasteiger partial charge in [0.1, 0.15) is 12.4 Å². The summed E-state index contributed by atoms with van der Waals surface area (Å²) < 4.78 is 6.66. The largest absolute Gasteiger partial charge is 0.486 e. The van der Waals surface area contributed by atoms with Gasteiger partial charge in [-0.2, -0.15) is 0 Å². The van der Waals surface area contributed by atoms with E-state index in [0.29, 0.717) is 17.6 Å². The summed E-state index contributed by atoms with van der Waals surface area (Å²) in [4.78, 5) is 16.3. The predicted octanol–water partition coefficient (Wildman–Crippen LogP) is 4.44.